The average Bonchev–Trinajstić information content (AvgIpc) is 3.54. The van der Waals surface area contributed by atoms with Gasteiger partial charge < -0.3 is 14.4 Å². The van der Waals surface area contributed by atoms with Gasteiger partial charge in [0.15, 0.2) is 5.60 Å². The fourth-order valence-electron chi connectivity index (χ4n) is 4.60. The lowest BCUT2D eigenvalue weighted by Gasteiger charge is -2.29. The summed E-state index contributed by atoms with van der Waals surface area (Å²) in [5.41, 5.74) is -0.958. The summed E-state index contributed by atoms with van der Waals surface area (Å²) in [6, 6.07) is 11.5. The van der Waals surface area contributed by atoms with Crippen LogP contribution in [0.1, 0.15) is 28.1 Å². The Morgan fingerprint density at radius 3 is 2.42 bits per heavy atom. The molecule has 0 saturated heterocycles. The van der Waals surface area contributed by atoms with Gasteiger partial charge in [0.2, 0.25) is 5.88 Å². The van der Waals surface area contributed by atoms with Crippen molar-refractivity contribution < 1.29 is 23.0 Å². The maximum absolute atomic E-state index is 13.5. The van der Waals surface area contributed by atoms with Crippen molar-refractivity contribution in [2.45, 2.75) is 11.8 Å². The van der Waals surface area contributed by atoms with E-state index in [0.29, 0.717) is 27.9 Å². The minimum absolute atomic E-state index is 0.00106. The molecule has 0 aliphatic carbocycles. The van der Waals surface area contributed by atoms with E-state index in [1.807, 2.05) is 0 Å². The molecule has 0 aliphatic rings. The first kappa shape index (κ1) is 24.9. The number of aromatic nitrogens is 6. The van der Waals surface area contributed by atoms with E-state index in [9.17, 15) is 23.5 Å². The predicted molar refractivity (Wildman–Crippen MR) is 130 cm³/mol. The molecule has 0 radical (unpaired) electrons. The first-order valence-electron chi connectivity index (χ1n) is 11.2. The van der Waals surface area contributed by atoms with Gasteiger partial charge in [0.1, 0.15) is 11.8 Å². The van der Waals surface area contributed by atoms with E-state index in [4.69, 9.17) is 4.74 Å². The van der Waals surface area contributed by atoms with E-state index in [1.165, 1.54) is 42.6 Å². The second-order valence-corrected chi connectivity index (χ2v) is 8.64. The largest absolute Gasteiger partial charge is 0.480 e. The predicted octanol–water partition coefficient (Wildman–Crippen LogP) is 3.95. The molecule has 1 N–H and O–H groups in total. The Bertz CT molecular complexity index is 1680. The smallest absolute Gasteiger partial charge is 0.416 e. The fourth-order valence-corrected chi connectivity index (χ4v) is 4.60. The lowest BCUT2D eigenvalue weighted by molar-refractivity contribution is -0.137. The molecule has 2 aromatic carbocycles. The maximum Gasteiger partial charge on any atom is 0.416 e. The second kappa shape index (κ2) is 8.97. The molecule has 9 nitrogen and oxygen atoms in total. The minimum Gasteiger partial charge on any atom is -0.480 e. The lowest BCUT2D eigenvalue weighted by atomic mass is 9.85. The van der Waals surface area contributed by atoms with E-state index in [2.05, 4.69) is 26.3 Å². The normalized spacial score (nSPS) is 13.3. The summed E-state index contributed by atoms with van der Waals surface area (Å²) in [5, 5.41) is 30.6. The topological polar surface area (TPSA) is 115 Å². The van der Waals surface area contributed by atoms with Gasteiger partial charge in [0, 0.05) is 19.5 Å². The zero-order valence-corrected chi connectivity index (χ0v) is 20.4. The van der Waals surface area contributed by atoms with Crippen LogP contribution in [0.15, 0.2) is 61.2 Å². The first-order valence-corrected chi connectivity index (χ1v) is 11.2. The highest BCUT2D eigenvalue weighted by molar-refractivity contribution is 5.94. The van der Waals surface area contributed by atoms with E-state index in [1.54, 1.807) is 36.9 Å². The molecule has 192 valence electrons. The highest BCUT2D eigenvalue weighted by atomic mass is 19.4. The number of nitrogens with zero attached hydrogens (tertiary/aromatic N) is 7. The maximum atomic E-state index is 13.5. The highest BCUT2D eigenvalue weighted by Gasteiger charge is 2.40. The molecule has 0 amide bonds. The van der Waals surface area contributed by atoms with Crippen LogP contribution in [-0.4, -0.2) is 41.7 Å². The fraction of sp³-hybridized carbons (Fsp3) is 0.192. The third-order valence-electron chi connectivity index (χ3n) is 6.43. The number of fused-ring (bicyclic) bond motifs is 1. The Morgan fingerprint density at radius 1 is 1.03 bits per heavy atom. The number of aryl methyl sites for hydroxylation is 2. The summed E-state index contributed by atoms with van der Waals surface area (Å²) < 4.78 is 48.8. The number of halogens is 3. The molecule has 1 atom stereocenters. The van der Waals surface area contributed by atoms with E-state index in [-0.39, 0.29) is 22.6 Å². The summed E-state index contributed by atoms with van der Waals surface area (Å²) in [6.07, 6.45) is -0.125. The molecule has 5 rings (SSSR count). The van der Waals surface area contributed by atoms with Crippen LogP contribution in [-0.2, 0) is 25.9 Å². The Balaban J connectivity index is 1.82. The summed E-state index contributed by atoms with van der Waals surface area (Å²) in [7, 11) is 4.68. The van der Waals surface area contributed by atoms with Crippen molar-refractivity contribution in [3.63, 3.8) is 0 Å². The lowest BCUT2D eigenvalue weighted by Crippen LogP contribution is -2.33. The van der Waals surface area contributed by atoms with Gasteiger partial charge in [-0.05, 0) is 35.4 Å². The van der Waals surface area contributed by atoms with Crippen molar-refractivity contribution in [3.8, 4) is 23.1 Å². The van der Waals surface area contributed by atoms with Gasteiger partial charge >= 0.3 is 6.18 Å². The summed E-state index contributed by atoms with van der Waals surface area (Å²) >= 11 is 0. The zero-order valence-electron chi connectivity index (χ0n) is 20.4. The first-order chi connectivity index (χ1) is 18.1. The molecular weight excluding hydrogens is 499 g/mol. The van der Waals surface area contributed by atoms with Gasteiger partial charge in [0.05, 0.1) is 53.7 Å². The number of hydrogen-bond acceptors (Lipinski definition) is 7. The number of methoxy groups -OCH3 is 1. The van der Waals surface area contributed by atoms with Crippen molar-refractivity contribution in [3.05, 3.63) is 89.3 Å². The number of alkyl halides is 3. The Morgan fingerprint density at radius 2 is 1.82 bits per heavy atom. The Labute approximate surface area is 214 Å². The molecule has 3 heterocycles. The minimum atomic E-state index is -4.58. The van der Waals surface area contributed by atoms with Gasteiger partial charge in [-0.2, -0.15) is 18.4 Å². The third kappa shape index (κ3) is 3.84. The van der Waals surface area contributed by atoms with Crippen molar-refractivity contribution in [1.82, 2.24) is 29.5 Å². The summed E-state index contributed by atoms with van der Waals surface area (Å²) in [5.74, 6) is -0.00106. The zero-order chi connectivity index (χ0) is 27.2. The van der Waals surface area contributed by atoms with Gasteiger partial charge in [-0.25, -0.2) is 14.6 Å². The summed E-state index contributed by atoms with van der Waals surface area (Å²) in [4.78, 5) is 8.60. The number of imidazole rings is 1. The van der Waals surface area contributed by atoms with Gasteiger partial charge in [-0.1, -0.05) is 23.4 Å². The standard InChI is InChI=1S/C26H20F3N7O2/c1-35-14-31-12-21(35)25(37,22-13-32-34-36(22)2)16-7-8-20-18(10-16)19(11-30)23(24(33-20)38-3)15-5-4-6-17(9-15)26(27,28)29/h4-10,12-14,37H,1-3H3. The van der Waals surface area contributed by atoms with E-state index in [0.717, 1.165) is 12.1 Å². The van der Waals surface area contributed by atoms with E-state index >= 15 is 0 Å². The second-order valence-electron chi connectivity index (χ2n) is 8.64. The average molecular weight is 519 g/mol. The molecule has 0 spiro atoms. The van der Waals surface area contributed by atoms with Crippen LogP contribution in [0.3, 0.4) is 0 Å². The van der Waals surface area contributed by atoms with Crippen LogP contribution in [0.5, 0.6) is 5.88 Å². The Hall–Kier alpha value is -4.76. The molecule has 5 aromatic rings. The van der Waals surface area contributed by atoms with Crippen LogP contribution in [0.25, 0.3) is 22.0 Å². The number of nitriles is 1. The number of rotatable bonds is 5. The van der Waals surface area contributed by atoms with Crippen molar-refractivity contribution >= 4 is 10.9 Å². The van der Waals surface area contributed by atoms with Gasteiger partial charge in [-0.3, -0.25) is 0 Å². The van der Waals surface area contributed by atoms with Crippen LogP contribution < -0.4 is 4.74 Å². The number of aliphatic hydroxyl groups is 1. The number of hydrogen-bond donors (Lipinski definition) is 1. The van der Waals surface area contributed by atoms with E-state index < -0.39 is 17.3 Å². The van der Waals surface area contributed by atoms with Crippen LogP contribution in [0, 0.1) is 11.3 Å². The van der Waals surface area contributed by atoms with Gasteiger partial charge in [0.25, 0.3) is 0 Å². The van der Waals surface area contributed by atoms with Crippen LogP contribution in [0.4, 0.5) is 13.2 Å². The third-order valence-corrected chi connectivity index (χ3v) is 6.43. The summed E-state index contributed by atoms with van der Waals surface area (Å²) in [6.45, 7) is 0. The molecule has 38 heavy (non-hydrogen) atoms. The molecule has 1 unspecified atom stereocenters. The number of ether oxygens (including phenoxy) is 1. The SMILES string of the molecule is COc1nc2ccc(C(O)(c3cncn3C)c3cnnn3C)cc2c(C#N)c1-c1cccc(C(F)(F)F)c1. The quantitative estimate of drug-likeness (QED) is 0.374. The molecular formula is C26H20F3N7O2. The number of benzene rings is 2. The molecule has 0 aliphatic heterocycles. The van der Waals surface area contributed by atoms with Gasteiger partial charge in [-0.15, -0.1) is 5.10 Å². The van der Waals surface area contributed by atoms with Crippen LogP contribution in [0.2, 0.25) is 0 Å². The van der Waals surface area contributed by atoms with Crippen molar-refractivity contribution in [2.75, 3.05) is 7.11 Å². The van der Waals surface area contributed by atoms with Crippen LogP contribution >= 0.6 is 0 Å². The highest BCUT2D eigenvalue weighted by Crippen LogP contribution is 2.41. The molecule has 0 fully saturated rings. The molecule has 12 heteroatoms. The van der Waals surface area contributed by atoms with Crippen molar-refractivity contribution in [2.24, 2.45) is 14.1 Å². The molecule has 3 aromatic heterocycles. The molecule has 0 saturated carbocycles. The van der Waals surface area contributed by atoms with Crippen molar-refractivity contribution in [1.29, 1.82) is 5.26 Å². The monoisotopic (exact) mass is 519 g/mol. The molecule has 0 bridgehead atoms. The Kier molecular flexibility index (Phi) is 5.88. The number of pyridine rings is 1.